The zero-order valence-electron chi connectivity index (χ0n) is 21.8. The molecule has 0 aromatic rings. The molecule has 1 N–H and O–H groups in total. The summed E-state index contributed by atoms with van der Waals surface area (Å²) in [4.78, 5) is 31.0. The molecule has 0 radical (unpaired) electrons. The normalized spacial score (nSPS) is 31.6. The molecular formula is C28H46N4O3. The van der Waals surface area contributed by atoms with Gasteiger partial charge in [-0.05, 0) is 50.4 Å². The van der Waals surface area contributed by atoms with Crippen LogP contribution < -0.4 is 5.32 Å². The number of nitrogens with zero attached hydrogens (tertiary/aromatic N) is 3. The Morgan fingerprint density at radius 2 is 1.74 bits per heavy atom. The van der Waals surface area contributed by atoms with Gasteiger partial charge >= 0.3 is 0 Å². The number of ether oxygens (including phenoxy) is 1. The molecule has 0 aromatic heterocycles. The molecule has 2 aliphatic carbocycles. The molecule has 0 bridgehead atoms. The van der Waals surface area contributed by atoms with Gasteiger partial charge in [0.1, 0.15) is 5.54 Å². The third-order valence-corrected chi connectivity index (χ3v) is 9.28. The first-order chi connectivity index (χ1) is 17.0. The molecule has 2 amide bonds. The lowest BCUT2D eigenvalue weighted by Gasteiger charge is -2.35. The molecule has 0 unspecified atom stereocenters. The van der Waals surface area contributed by atoms with Gasteiger partial charge in [0.05, 0.1) is 19.3 Å². The molecule has 0 aromatic carbocycles. The van der Waals surface area contributed by atoms with E-state index in [0.29, 0.717) is 51.2 Å². The van der Waals surface area contributed by atoms with Crippen LogP contribution in [0.15, 0.2) is 0 Å². The minimum atomic E-state index is -0.828. The molecule has 4 rings (SSSR count). The van der Waals surface area contributed by atoms with E-state index in [1.165, 1.54) is 51.4 Å². The Morgan fingerprint density at radius 3 is 2.40 bits per heavy atom. The van der Waals surface area contributed by atoms with Crippen molar-refractivity contribution in [3.05, 3.63) is 0 Å². The van der Waals surface area contributed by atoms with Gasteiger partial charge in [0.15, 0.2) is 0 Å². The maximum absolute atomic E-state index is 13.6. The molecule has 0 spiro atoms. The van der Waals surface area contributed by atoms with Crippen molar-refractivity contribution in [1.82, 2.24) is 15.1 Å². The second-order valence-electron chi connectivity index (χ2n) is 11.6. The molecule has 4 aliphatic rings. The van der Waals surface area contributed by atoms with E-state index in [0.717, 1.165) is 31.7 Å². The van der Waals surface area contributed by atoms with E-state index in [9.17, 15) is 14.9 Å². The average Bonchev–Trinajstić information content (AvgIpc) is 3.33. The molecule has 7 heteroatoms. The lowest BCUT2D eigenvalue weighted by molar-refractivity contribution is -0.140. The summed E-state index contributed by atoms with van der Waals surface area (Å²) < 4.78 is 5.40. The maximum Gasteiger partial charge on any atom is 0.224 e. The average molecular weight is 487 g/mol. The smallest absolute Gasteiger partial charge is 0.224 e. The Labute approximate surface area is 211 Å². The Balaban J connectivity index is 1.38. The van der Waals surface area contributed by atoms with E-state index in [-0.39, 0.29) is 24.2 Å². The summed E-state index contributed by atoms with van der Waals surface area (Å²) in [6.07, 6.45) is 13.9. The van der Waals surface area contributed by atoms with Crippen molar-refractivity contribution >= 4 is 11.8 Å². The van der Waals surface area contributed by atoms with Gasteiger partial charge in [-0.15, -0.1) is 0 Å². The number of nitriles is 1. The lowest BCUT2D eigenvalue weighted by Crippen LogP contribution is -2.53. The van der Waals surface area contributed by atoms with Crippen LogP contribution in [0.5, 0.6) is 0 Å². The van der Waals surface area contributed by atoms with Crippen molar-refractivity contribution in [3.63, 3.8) is 0 Å². The highest BCUT2D eigenvalue weighted by Gasteiger charge is 2.44. The first kappa shape index (κ1) is 26.4. The number of amides is 2. The van der Waals surface area contributed by atoms with E-state index in [1.54, 1.807) is 0 Å². The Bertz CT molecular complexity index is 748. The van der Waals surface area contributed by atoms with Gasteiger partial charge in [-0.25, -0.2) is 0 Å². The molecular weight excluding hydrogens is 440 g/mol. The minimum Gasteiger partial charge on any atom is -0.378 e. The summed E-state index contributed by atoms with van der Waals surface area (Å²) in [7, 11) is 0. The highest BCUT2D eigenvalue weighted by atomic mass is 16.5. The number of carbonyl (C=O) groups excluding carboxylic acids is 2. The first-order valence-electron chi connectivity index (χ1n) is 14.3. The zero-order chi connectivity index (χ0) is 24.7. The third kappa shape index (κ3) is 6.98. The molecule has 196 valence electrons. The van der Waals surface area contributed by atoms with Crippen LogP contribution in [0.2, 0.25) is 0 Å². The number of rotatable bonds is 8. The van der Waals surface area contributed by atoms with Crippen molar-refractivity contribution in [2.24, 2.45) is 17.8 Å². The van der Waals surface area contributed by atoms with Crippen molar-refractivity contribution in [2.75, 3.05) is 39.4 Å². The molecule has 2 heterocycles. The fraction of sp³-hybridized carbons (Fsp3) is 0.893. The van der Waals surface area contributed by atoms with Gasteiger partial charge in [0, 0.05) is 44.6 Å². The highest BCUT2D eigenvalue weighted by molar-refractivity contribution is 5.86. The van der Waals surface area contributed by atoms with Crippen LogP contribution >= 0.6 is 0 Å². The van der Waals surface area contributed by atoms with Crippen LogP contribution in [0.3, 0.4) is 0 Å². The lowest BCUT2D eigenvalue weighted by atomic mass is 9.81. The van der Waals surface area contributed by atoms with E-state index in [2.05, 4.69) is 23.2 Å². The Hall–Kier alpha value is -1.65. The molecule has 2 saturated heterocycles. The number of hydrogen-bond acceptors (Lipinski definition) is 5. The largest absolute Gasteiger partial charge is 0.378 e. The Kier molecular flexibility index (Phi) is 9.46. The summed E-state index contributed by atoms with van der Waals surface area (Å²) in [6.45, 7) is 6.11. The quantitative estimate of drug-likeness (QED) is 0.563. The fourth-order valence-corrected chi connectivity index (χ4v) is 6.89. The second kappa shape index (κ2) is 12.5. The number of morpholine rings is 1. The van der Waals surface area contributed by atoms with E-state index in [1.807, 2.05) is 4.90 Å². The maximum atomic E-state index is 13.6. The van der Waals surface area contributed by atoms with Crippen LogP contribution in [0, 0.1) is 29.1 Å². The third-order valence-electron chi connectivity index (χ3n) is 9.28. The molecule has 2 aliphatic heterocycles. The van der Waals surface area contributed by atoms with Crippen LogP contribution in [-0.4, -0.2) is 72.6 Å². The monoisotopic (exact) mass is 486 g/mol. The van der Waals surface area contributed by atoms with E-state index < -0.39 is 5.54 Å². The summed E-state index contributed by atoms with van der Waals surface area (Å²) in [5, 5.41) is 13.4. The van der Waals surface area contributed by atoms with E-state index in [4.69, 9.17) is 4.74 Å². The second-order valence-corrected chi connectivity index (χ2v) is 11.6. The first-order valence-corrected chi connectivity index (χ1v) is 14.3. The van der Waals surface area contributed by atoms with Gasteiger partial charge in [0.25, 0.3) is 0 Å². The summed E-state index contributed by atoms with van der Waals surface area (Å²) in [5.41, 5.74) is -0.828. The molecule has 2 atom stereocenters. The fourth-order valence-electron chi connectivity index (χ4n) is 6.89. The minimum absolute atomic E-state index is 0.0519. The molecule has 2 saturated carbocycles. The van der Waals surface area contributed by atoms with Gasteiger partial charge < -0.3 is 15.0 Å². The zero-order valence-corrected chi connectivity index (χ0v) is 21.8. The van der Waals surface area contributed by atoms with Crippen molar-refractivity contribution in [1.29, 1.82) is 5.26 Å². The summed E-state index contributed by atoms with van der Waals surface area (Å²) in [5.74, 6) is 0.960. The Morgan fingerprint density at radius 1 is 1.03 bits per heavy atom. The number of carbonyl (C=O) groups is 2. The topological polar surface area (TPSA) is 85.7 Å². The van der Waals surface area contributed by atoms with E-state index >= 15 is 0 Å². The highest BCUT2D eigenvalue weighted by Crippen LogP contribution is 2.34. The predicted molar refractivity (Wildman–Crippen MR) is 135 cm³/mol. The number of likely N-dealkylation sites (tertiary alicyclic amines) is 1. The number of nitrogens with one attached hydrogen (secondary N) is 1. The van der Waals surface area contributed by atoms with Gasteiger partial charge in [-0.2, -0.15) is 5.26 Å². The van der Waals surface area contributed by atoms with Crippen LogP contribution in [0.1, 0.15) is 90.4 Å². The standard InChI is InChI=1S/C28H46N4O3/c1-2-22-8-10-25(11-9-22)32-13-12-28(20-29,21-32)30-27(34)24(18-23-6-4-3-5-7-23)19-26(33)31-14-16-35-17-15-31/h22-25H,2-19,21H2,1H3,(H,30,34)/t22-,24-,25-,28+/m1/s1. The van der Waals surface area contributed by atoms with Crippen LogP contribution in [-0.2, 0) is 14.3 Å². The molecule has 4 fully saturated rings. The van der Waals surface area contributed by atoms with Crippen molar-refractivity contribution < 1.29 is 14.3 Å². The summed E-state index contributed by atoms with van der Waals surface area (Å²) in [6, 6.07) is 3.02. The number of hydrogen-bond donors (Lipinski definition) is 1. The molecule has 35 heavy (non-hydrogen) atoms. The SMILES string of the molecule is CC[C@H]1CC[C@H](N2CC[C@@](C#N)(NC(=O)[C@@H](CC(=O)N3CCOCC3)CC3CCCCC3)C2)CC1. The predicted octanol–water partition coefficient (Wildman–Crippen LogP) is 3.87. The van der Waals surface area contributed by atoms with Crippen LogP contribution in [0.4, 0.5) is 0 Å². The van der Waals surface area contributed by atoms with Crippen LogP contribution in [0.25, 0.3) is 0 Å². The van der Waals surface area contributed by atoms with Gasteiger partial charge in [-0.1, -0.05) is 45.4 Å². The molecule has 7 nitrogen and oxygen atoms in total. The summed E-state index contributed by atoms with van der Waals surface area (Å²) >= 11 is 0. The van der Waals surface area contributed by atoms with Gasteiger partial charge in [0.2, 0.25) is 11.8 Å². The van der Waals surface area contributed by atoms with Gasteiger partial charge in [-0.3, -0.25) is 14.5 Å². The van der Waals surface area contributed by atoms with Crippen molar-refractivity contribution in [3.8, 4) is 6.07 Å². The van der Waals surface area contributed by atoms with Crippen molar-refractivity contribution in [2.45, 2.75) is 102 Å².